The van der Waals surface area contributed by atoms with Gasteiger partial charge in [0.05, 0.1) is 0 Å². The van der Waals surface area contributed by atoms with Crippen molar-refractivity contribution in [3.05, 3.63) is 47.5 Å². The van der Waals surface area contributed by atoms with Crippen LogP contribution in [0, 0.1) is 0 Å². The molecule has 0 saturated heterocycles. The Morgan fingerprint density at radius 2 is 0.926 bits per heavy atom. The van der Waals surface area contributed by atoms with Crippen LogP contribution in [0.2, 0.25) is 0 Å². The number of benzene rings is 2. The summed E-state index contributed by atoms with van der Waals surface area (Å²) in [7, 11) is -0.960. The standard InChI is InChI=1S/C24H35O2P/c1-22(2,3)16-10-12-18(25)20(14-16)27(24(7,8)9)21-15-17(23(4,5)6)11-13-19(21)26/h10-15,25-26H,1-9H3. The van der Waals surface area contributed by atoms with Gasteiger partial charge >= 0.3 is 0 Å². The van der Waals surface area contributed by atoms with E-state index in [1.165, 1.54) is 11.1 Å². The van der Waals surface area contributed by atoms with Crippen molar-refractivity contribution in [1.29, 1.82) is 0 Å². The summed E-state index contributed by atoms with van der Waals surface area (Å²) in [6.07, 6.45) is 0. The molecule has 2 nitrogen and oxygen atoms in total. The first-order chi connectivity index (χ1) is 12.1. The summed E-state index contributed by atoms with van der Waals surface area (Å²) in [5.41, 5.74) is 2.38. The molecule has 3 heteroatoms. The normalized spacial score (nSPS) is 13.3. The van der Waals surface area contributed by atoms with Gasteiger partial charge in [-0.25, -0.2) is 0 Å². The second-order valence-corrected chi connectivity index (χ2v) is 13.4. The van der Waals surface area contributed by atoms with Crippen molar-refractivity contribution in [2.45, 2.75) is 78.3 Å². The van der Waals surface area contributed by atoms with Gasteiger partial charge in [0.15, 0.2) is 0 Å². The predicted molar refractivity (Wildman–Crippen MR) is 120 cm³/mol. The van der Waals surface area contributed by atoms with E-state index in [2.05, 4.69) is 74.4 Å². The number of rotatable bonds is 2. The summed E-state index contributed by atoms with van der Waals surface area (Å²) >= 11 is 0. The van der Waals surface area contributed by atoms with Crippen LogP contribution in [0.4, 0.5) is 0 Å². The van der Waals surface area contributed by atoms with Gasteiger partial charge in [0.25, 0.3) is 0 Å². The maximum atomic E-state index is 10.8. The third kappa shape index (κ3) is 4.85. The molecule has 0 heterocycles. The second kappa shape index (κ2) is 7.13. The zero-order chi connectivity index (χ0) is 20.8. The smallest absolute Gasteiger partial charge is 0.123 e. The van der Waals surface area contributed by atoms with Gasteiger partial charge in [-0.3, -0.25) is 0 Å². The molecule has 0 aromatic heterocycles. The van der Waals surface area contributed by atoms with Gasteiger partial charge in [-0.1, -0.05) is 74.4 Å². The highest BCUT2D eigenvalue weighted by Crippen LogP contribution is 2.51. The predicted octanol–water partition coefficient (Wildman–Crippen LogP) is 5.92. The maximum Gasteiger partial charge on any atom is 0.123 e. The molecular formula is C24H35O2P. The number of phenolic OH excluding ortho intramolecular Hbond substituents is 2. The summed E-state index contributed by atoms with van der Waals surface area (Å²) in [6, 6.07) is 11.9. The highest BCUT2D eigenvalue weighted by atomic mass is 31.1. The molecule has 2 aromatic rings. The van der Waals surface area contributed by atoms with E-state index < -0.39 is 7.92 Å². The van der Waals surface area contributed by atoms with Crippen LogP contribution in [0.25, 0.3) is 0 Å². The van der Waals surface area contributed by atoms with Crippen molar-refractivity contribution in [3.63, 3.8) is 0 Å². The van der Waals surface area contributed by atoms with E-state index in [4.69, 9.17) is 0 Å². The highest BCUT2D eigenvalue weighted by molar-refractivity contribution is 7.74. The Hall–Kier alpha value is -1.53. The molecule has 27 heavy (non-hydrogen) atoms. The van der Waals surface area contributed by atoms with Crippen molar-refractivity contribution in [3.8, 4) is 11.5 Å². The van der Waals surface area contributed by atoms with E-state index in [1.807, 2.05) is 24.3 Å². The Morgan fingerprint density at radius 3 is 1.19 bits per heavy atom. The van der Waals surface area contributed by atoms with Gasteiger partial charge in [0.1, 0.15) is 11.5 Å². The van der Waals surface area contributed by atoms with Gasteiger partial charge in [-0.15, -0.1) is 0 Å². The number of hydrogen-bond acceptors (Lipinski definition) is 2. The average Bonchev–Trinajstić information content (AvgIpc) is 2.47. The largest absolute Gasteiger partial charge is 0.507 e. The third-order valence-corrected chi connectivity index (χ3v) is 7.86. The van der Waals surface area contributed by atoms with Crippen LogP contribution in [0.15, 0.2) is 36.4 Å². The van der Waals surface area contributed by atoms with E-state index >= 15 is 0 Å². The topological polar surface area (TPSA) is 40.5 Å². The highest BCUT2D eigenvalue weighted by Gasteiger charge is 2.33. The molecule has 2 rings (SSSR count). The Labute approximate surface area is 166 Å². The molecule has 0 spiro atoms. The molecule has 0 fully saturated rings. The summed E-state index contributed by atoms with van der Waals surface area (Å²) in [4.78, 5) is 0. The lowest BCUT2D eigenvalue weighted by Gasteiger charge is -2.35. The molecule has 148 valence electrons. The Balaban J connectivity index is 2.77. The van der Waals surface area contributed by atoms with Crippen LogP contribution in [0.5, 0.6) is 11.5 Å². The molecule has 0 aliphatic carbocycles. The Bertz CT molecular complexity index is 754. The van der Waals surface area contributed by atoms with E-state index in [0.717, 1.165) is 10.6 Å². The van der Waals surface area contributed by atoms with Crippen molar-refractivity contribution >= 4 is 18.5 Å². The molecule has 0 amide bonds. The molecule has 0 aliphatic rings. The fraction of sp³-hybridized carbons (Fsp3) is 0.500. The second-order valence-electron chi connectivity index (χ2n) is 10.4. The molecule has 0 saturated carbocycles. The minimum atomic E-state index is -0.960. The Morgan fingerprint density at radius 1 is 0.593 bits per heavy atom. The number of hydrogen-bond donors (Lipinski definition) is 2. The Kier molecular flexibility index (Phi) is 5.75. The van der Waals surface area contributed by atoms with E-state index in [0.29, 0.717) is 11.5 Å². The van der Waals surface area contributed by atoms with Crippen LogP contribution in [-0.4, -0.2) is 15.4 Å². The lowest BCUT2D eigenvalue weighted by atomic mass is 9.87. The van der Waals surface area contributed by atoms with E-state index in [9.17, 15) is 10.2 Å². The van der Waals surface area contributed by atoms with Gasteiger partial charge < -0.3 is 10.2 Å². The van der Waals surface area contributed by atoms with Crippen LogP contribution in [0.1, 0.15) is 73.4 Å². The maximum absolute atomic E-state index is 10.8. The van der Waals surface area contributed by atoms with Gasteiger partial charge in [-0.2, -0.15) is 0 Å². The first-order valence-corrected chi connectivity index (χ1v) is 10.9. The van der Waals surface area contributed by atoms with Crippen molar-refractivity contribution in [2.75, 3.05) is 0 Å². The summed E-state index contributed by atoms with van der Waals surface area (Å²) < 4.78 is 0. The summed E-state index contributed by atoms with van der Waals surface area (Å²) in [5, 5.41) is 23.3. The molecule has 0 atom stereocenters. The summed E-state index contributed by atoms with van der Waals surface area (Å²) in [6.45, 7) is 19.6. The van der Waals surface area contributed by atoms with Gasteiger partial charge in [-0.05, 0) is 59.3 Å². The molecule has 0 unspecified atom stereocenters. The van der Waals surface area contributed by atoms with E-state index in [-0.39, 0.29) is 16.0 Å². The quantitative estimate of drug-likeness (QED) is 0.629. The van der Waals surface area contributed by atoms with E-state index in [1.54, 1.807) is 0 Å². The summed E-state index contributed by atoms with van der Waals surface area (Å²) in [5.74, 6) is 0.620. The van der Waals surface area contributed by atoms with Crippen molar-refractivity contribution < 1.29 is 10.2 Å². The van der Waals surface area contributed by atoms with Crippen molar-refractivity contribution in [1.82, 2.24) is 0 Å². The molecule has 0 bridgehead atoms. The lowest BCUT2D eigenvalue weighted by Crippen LogP contribution is -2.29. The van der Waals surface area contributed by atoms with Crippen LogP contribution < -0.4 is 10.6 Å². The molecule has 0 aliphatic heterocycles. The SMILES string of the molecule is CC(C)(C)c1ccc(O)c(P(c2cc(C(C)(C)C)ccc2O)C(C)(C)C)c1. The van der Waals surface area contributed by atoms with Crippen LogP contribution >= 0.6 is 7.92 Å². The van der Waals surface area contributed by atoms with Crippen LogP contribution in [-0.2, 0) is 10.8 Å². The number of aromatic hydroxyl groups is 2. The fourth-order valence-electron chi connectivity index (χ4n) is 3.19. The third-order valence-electron chi connectivity index (χ3n) is 4.84. The first kappa shape index (κ1) is 21.8. The minimum absolute atomic E-state index is 0.00333. The van der Waals surface area contributed by atoms with Gasteiger partial charge in [0.2, 0.25) is 0 Å². The van der Waals surface area contributed by atoms with Crippen molar-refractivity contribution in [2.24, 2.45) is 0 Å². The minimum Gasteiger partial charge on any atom is -0.507 e. The average molecular weight is 387 g/mol. The molecule has 2 aromatic carbocycles. The monoisotopic (exact) mass is 386 g/mol. The fourth-order valence-corrected chi connectivity index (χ4v) is 6.04. The van der Waals surface area contributed by atoms with Gasteiger partial charge in [0, 0.05) is 10.6 Å². The number of phenols is 2. The zero-order valence-corrected chi connectivity index (χ0v) is 19.2. The molecular weight excluding hydrogens is 351 g/mol. The first-order valence-electron chi connectivity index (χ1n) is 9.59. The zero-order valence-electron chi connectivity index (χ0n) is 18.3. The molecule has 2 N–H and O–H groups in total. The molecule has 0 radical (unpaired) electrons. The van der Waals surface area contributed by atoms with Crippen LogP contribution in [0.3, 0.4) is 0 Å². The lowest BCUT2D eigenvalue weighted by molar-refractivity contribution is 0.477.